The molecule has 0 fully saturated rings. The van der Waals surface area contributed by atoms with Crippen molar-refractivity contribution in [2.75, 3.05) is 0 Å². The molecule has 0 radical (unpaired) electrons. The van der Waals surface area contributed by atoms with Crippen LogP contribution in [0.3, 0.4) is 0 Å². The molecule has 0 saturated carbocycles. The number of hydrogen-bond donors (Lipinski definition) is 2. The first-order chi connectivity index (χ1) is 27.1. The van der Waals surface area contributed by atoms with E-state index in [0.717, 1.165) is 66.9 Å². The summed E-state index contributed by atoms with van der Waals surface area (Å²) in [5, 5.41) is 22.1. The van der Waals surface area contributed by atoms with Crippen molar-refractivity contribution < 1.29 is 9.90 Å². The van der Waals surface area contributed by atoms with E-state index in [0.29, 0.717) is 28.0 Å². The predicted octanol–water partition coefficient (Wildman–Crippen LogP) is 9.98. The summed E-state index contributed by atoms with van der Waals surface area (Å²) in [6, 6.07) is 48.0. The summed E-state index contributed by atoms with van der Waals surface area (Å²) in [6.07, 6.45) is 9.39. The van der Waals surface area contributed by atoms with Crippen LogP contribution in [-0.4, -0.2) is 25.9 Å². The molecule has 0 spiro atoms. The molecular formula is C48H30N5O2-. The van der Waals surface area contributed by atoms with Gasteiger partial charge in [0.1, 0.15) is 6.07 Å². The first-order valence-electron chi connectivity index (χ1n) is 17.8. The van der Waals surface area contributed by atoms with Gasteiger partial charge in [0.05, 0.1) is 39.8 Å². The van der Waals surface area contributed by atoms with E-state index < -0.39 is 11.5 Å². The molecule has 7 heteroatoms. The molecule has 8 bridgehead atoms. The molecule has 2 N–H and O–H groups in total. The number of hydrogen-bond acceptors (Lipinski definition) is 5. The molecule has 5 heterocycles. The lowest BCUT2D eigenvalue weighted by molar-refractivity contribution is -0.298. The Morgan fingerprint density at radius 2 is 0.909 bits per heavy atom. The maximum atomic E-state index is 12.2. The van der Waals surface area contributed by atoms with Crippen molar-refractivity contribution in [3.8, 4) is 50.6 Å². The quantitative estimate of drug-likeness (QED) is 0.132. The standard InChI is InChI=1S/C48H31N5O2/c49-29-35(48(54)55)27-34-28-42-45(32-17-9-3-10-18-32)40-24-23-38(51-40)43(30-13-5-1-6-14-30)36-21-22-37(50-36)44(31-15-7-2-8-16-31)39-25-26-41(52-39)46(47(34)53-42)33-19-11-4-12-20-33/h1-28,50,53H,(H,54,55)/p-1/b35-27+,43-36?,43-38?,44-37?,44-39?,45-40?,45-42?,46-41?,47-46?. The third-order valence-electron chi connectivity index (χ3n) is 9.79. The van der Waals surface area contributed by atoms with Gasteiger partial charge in [0.25, 0.3) is 0 Å². The van der Waals surface area contributed by atoms with Crippen LogP contribution in [0.2, 0.25) is 0 Å². The van der Waals surface area contributed by atoms with Crippen molar-refractivity contribution in [2.24, 2.45) is 0 Å². The zero-order valence-corrected chi connectivity index (χ0v) is 29.3. The van der Waals surface area contributed by atoms with Gasteiger partial charge in [0.2, 0.25) is 0 Å². The van der Waals surface area contributed by atoms with Gasteiger partial charge in [-0.15, -0.1) is 0 Å². The largest absolute Gasteiger partial charge is 0.544 e. The van der Waals surface area contributed by atoms with E-state index in [1.54, 1.807) is 0 Å². The fourth-order valence-corrected chi connectivity index (χ4v) is 7.35. The number of aliphatic carboxylic acids is 1. The first kappa shape index (κ1) is 33.0. The SMILES string of the molecule is N#C/C(=C\c1cc2[nH]c1c(-c1ccccc1)c1nc(c(-c3ccccc3)c3ccc([nH]3)c(-c3ccccc3)c3nc(c2-c2ccccc2)C=C3)C=C1)C(=O)[O-]. The second kappa shape index (κ2) is 14.0. The predicted molar refractivity (Wildman–Crippen MR) is 219 cm³/mol. The topological polar surface area (TPSA) is 121 Å². The molecule has 7 aromatic rings. The van der Waals surface area contributed by atoms with E-state index in [4.69, 9.17) is 9.97 Å². The molecule has 260 valence electrons. The molecule has 55 heavy (non-hydrogen) atoms. The Balaban J connectivity index is 1.54. The molecule has 9 rings (SSSR count). The zero-order valence-electron chi connectivity index (χ0n) is 29.3. The normalized spacial score (nSPS) is 12.1. The van der Waals surface area contributed by atoms with Crippen molar-refractivity contribution in [3.63, 3.8) is 0 Å². The lowest BCUT2D eigenvalue weighted by atomic mass is 10.0. The number of aromatic amines is 2. The lowest BCUT2D eigenvalue weighted by Crippen LogP contribution is -2.23. The molecule has 2 aliphatic heterocycles. The van der Waals surface area contributed by atoms with Crippen LogP contribution in [0.4, 0.5) is 0 Å². The average molecular weight is 709 g/mol. The smallest absolute Gasteiger partial charge is 0.101 e. The molecule has 0 atom stereocenters. The molecule has 3 aromatic heterocycles. The minimum atomic E-state index is -1.56. The monoisotopic (exact) mass is 708 g/mol. The molecular weight excluding hydrogens is 679 g/mol. The molecule has 7 nitrogen and oxygen atoms in total. The maximum absolute atomic E-state index is 12.2. The van der Waals surface area contributed by atoms with Gasteiger partial charge in [-0.05, 0) is 70.8 Å². The van der Waals surface area contributed by atoms with Gasteiger partial charge >= 0.3 is 0 Å². The van der Waals surface area contributed by atoms with E-state index in [1.807, 2.05) is 134 Å². The van der Waals surface area contributed by atoms with E-state index in [2.05, 4.69) is 46.4 Å². The second-order valence-electron chi connectivity index (χ2n) is 13.2. The number of benzene rings is 4. The van der Waals surface area contributed by atoms with Crippen molar-refractivity contribution in [1.82, 2.24) is 19.9 Å². The number of aromatic nitrogens is 4. The summed E-state index contributed by atoms with van der Waals surface area (Å²) in [4.78, 5) is 30.2. The summed E-state index contributed by atoms with van der Waals surface area (Å²) in [5.74, 6) is -1.56. The Morgan fingerprint density at radius 1 is 0.527 bits per heavy atom. The van der Waals surface area contributed by atoms with Crippen LogP contribution >= 0.6 is 0 Å². The van der Waals surface area contributed by atoms with Crippen LogP contribution in [0.15, 0.2) is 145 Å². The van der Waals surface area contributed by atoms with Crippen molar-refractivity contribution in [3.05, 3.63) is 173 Å². The lowest BCUT2D eigenvalue weighted by Gasteiger charge is -2.07. The number of nitriles is 1. The number of H-pyrrole nitrogens is 2. The van der Waals surface area contributed by atoms with Crippen LogP contribution < -0.4 is 5.11 Å². The average Bonchev–Trinajstić information content (AvgIpc) is 4.06. The van der Waals surface area contributed by atoms with Crippen LogP contribution in [0.1, 0.15) is 28.3 Å². The van der Waals surface area contributed by atoms with Crippen LogP contribution in [-0.2, 0) is 4.79 Å². The van der Waals surface area contributed by atoms with Gasteiger partial charge in [-0.3, -0.25) is 0 Å². The van der Waals surface area contributed by atoms with Gasteiger partial charge in [0, 0.05) is 44.4 Å². The van der Waals surface area contributed by atoms with Crippen LogP contribution in [0, 0.1) is 11.3 Å². The molecule has 2 aliphatic rings. The number of rotatable bonds is 6. The minimum Gasteiger partial charge on any atom is -0.544 e. The van der Waals surface area contributed by atoms with Crippen molar-refractivity contribution >= 4 is 58.4 Å². The van der Waals surface area contributed by atoms with E-state index in [9.17, 15) is 15.2 Å². The Bertz CT molecular complexity index is 2930. The number of carbonyl (C=O) groups excluding carboxylic acids is 1. The van der Waals surface area contributed by atoms with Crippen LogP contribution in [0.25, 0.3) is 97.0 Å². The summed E-state index contributed by atoms with van der Waals surface area (Å²) >= 11 is 0. The third kappa shape index (κ3) is 6.14. The molecule has 0 saturated heterocycles. The number of nitrogens with zero attached hydrogens (tertiary/aromatic N) is 3. The van der Waals surface area contributed by atoms with Gasteiger partial charge in [0.15, 0.2) is 0 Å². The Kier molecular flexibility index (Phi) is 8.39. The third-order valence-corrected chi connectivity index (χ3v) is 9.79. The van der Waals surface area contributed by atoms with E-state index in [-0.39, 0.29) is 0 Å². The zero-order chi connectivity index (χ0) is 37.3. The number of carboxylic acid groups (broad SMARTS) is 1. The maximum Gasteiger partial charge on any atom is 0.101 e. The highest BCUT2D eigenvalue weighted by molar-refractivity contribution is 6.04. The van der Waals surface area contributed by atoms with Crippen molar-refractivity contribution in [2.45, 2.75) is 0 Å². The Hall–Kier alpha value is -7.82. The number of carbonyl (C=O) groups is 1. The van der Waals surface area contributed by atoms with E-state index in [1.165, 1.54) is 6.08 Å². The van der Waals surface area contributed by atoms with Gasteiger partial charge in [-0.1, -0.05) is 121 Å². The number of carboxylic acids is 1. The highest BCUT2D eigenvalue weighted by atomic mass is 16.4. The number of nitrogens with one attached hydrogen (secondary N) is 2. The molecule has 0 aliphatic carbocycles. The summed E-state index contributed by atoms with van der Waals surface area (Å²) in [5.41, 5.74) is 13.1. The first-order valence-corrected chi connectivity index (χ1v) is 17.8. The summed E-state index contributed by atoms with van der Waals surface area (Å²) in [7, 11) is 0. The van der Waals surface area contributed by atoms with E-state index >= 15 is 0 Å². The fourth-order valence-electron chi connectivity index (χ4n) is 7.35. The Morgan fingerprint density at radius 3 is 1.31 bits per heavy atom. The molecule has 0 amide bonds. The fraction of sp³-hybridized carbons (Fsp3) is 0. The Labute approximate surface area is 316 Å². The molecule has 0 unspecified atom stereocenters. The van der Waals surface area contributed by atoms with Crippen LogP contribution in [0.5, 0.6) is 0 Å². The highest BCUT2D eigenvalue weighted by Crippen LogP contribution is 2.39. The summed E-state index contributed by atoms with van der Waals surface area (Å²) < 4.78 is 0. The summed E-state index contributed by atoms with van der Waals surface area (Å²) in [6.45, 7) is 0. The van der Waals surface area contributed by atoms with Gasteiger partial charge < -0.3 is 19.9 Å². The van der Waals surface area contributed by atoms with Gasteiger partial charge in [-0.25, -0.2) is 9.97 Å². The number of fused-ring (bicyclic) bond motifs is 8. The van der Waals surface area contributed by atoms with Crippen molar-refractivity contribution in [1.29, 1.82) is 5.26 Å². The highest BCUT2D eigenvalue weighted by Gasteiger charge is 2.20. The van der Waals surface area contributed by atoms with Gasteiger partial charge in [-0.2, -0.15) is 5.26 Å². The minimum absolute atomic E-state index is 0.487. The molecule has 4 aromatic carbocycles. The second-order valence-corrected chi connectivity index (χ2v) is 13.2.